The molecule has 2 aliphatic rings. The van der Waals surface area contributed by atoms with Crippen LogP contribution >= 0.6 is 0 Å². The molecule has 0 aromatic carbocycles. The molecule has 0 aromatic heterocycles. The Morgan fingerprint density at radius 1 is 1.33 bits per heavy atom. The van der Waals surface area contributed by atoms with Crippen molar-refractivity contribution < 1.29 is 15.0 Å². The van der Waals surface area contributed by atoms with Gasteiger partial charge in [0.15, 0.2) is 0 Å². The van der Waals surface area contributed by atoms with Crippen LogP contribution in [0.2, 0.25) is 0 Å². The summed E-state index contributed by atoms with van der Waals surface area (Å²) in [5.74, 6) is -0.104. The topological polar surface area (TPSA) is 60.8 Å². The number of hydrogen-bond donors (Lipinski definition) is 2. The summed E-state index contributed by atoms with van der Waals surface area (Å²) in [4.78, 5) is 12.7. The lowest BCUT2D eigenvalue weighted by Crippen LogP contribution is -2.36. The Balaban J connectivity index is 1.74. The van der Waals surface area contributed by atoms with Gasteiger partial charge in [-0.25, -0.2) is 0 Å². The molecule has 4 nitrogen and oxygen atoms in total. The van der Waals surface area contributed by atoms with Crippen molar-refractivity contribution in [2.24, 2.45) is 5.92 Å². The minimum absolute atomic E-state index is 0.131. The Bertz CT molecular complexity index is 236. The highest BCUT2D eigenvalue weighted by atomic mass is 16.4. The van der Waals surface area contributed by atoms with E-state index in [1.165, 1.54) is 25.7 Å². The smallest absolute Gasteiger partial charge is 0.306 e. The number of aliphatic carboxylic acids is 1. The monoisotopic (exact) mass is 213 g/mol. The second kappa shape index (κ2) is 4.49. The molecule has 2 rings (SSSR count). The van der Waals surface area contributed by atoms with E-state index in [1.807, 2.05) is 0 Å². The Hall–Kier alpha value is -0.610. The maximum absolute atomic E-state index is 10.4. The van der Waals surface area contributed by atoms with Crippen molar-refractivity contribution >= 4 is 5.97 Å². The van der Waals surface area contributed by atoms with Gasteiger partial charge in [-0.3, -0.25) is 9.69 Å². The third-order valence-corrected chi connectivity index (χ3v) is 3.11. The highest BCUT2D eigenvalue weighted by Gasteiger charge is 2.34. The predicted molar refractivity (Wildman–Crippen MR) is 55.6 cm³/mol. The fourth-order valence-corrected chi connectivity index (χ4v) is 1.98. The Morgan fingerprint density at radius 2 is 2.00 bits per heavy atom. The molecule has 1 atom stereocenters. The average Bonchev–Trinajstić information content (AvgIpc) is 2.98. The molecule has 86 valence electrons. The molecule has 15 heavy (non-hydrogen) atoms. The van der Waals surface area contributed by atoms with Crippen LogP contribution in [0.3, 0.4) is 0 Å². The molecule has 0 aromatic rings. The molecule has 0 spiro atoms. The van der Waals surface area contributed by atoms with Gasteiger partial charge in [-0.15, -0.1) is 0 Å². The highest BCUT2D eigenvalue weighted by Crippen LogP contribution is 2.34. The van der Waals surface area contributed by atoms with Crippen molar-refractivity contribution in [1.82, 2.24) is 4.90 Å². The molecule has 2 aliphatic carbocycles. The van der Waals surface area contributed by atoms with Crippen LogP contribution in [0, 0.1) is 5.92 Å². The standard InChI is InChI=1S/C11H19NO3/c13-10(5-11(14)15)7-12(9-3-4-9)6-8-1-2-8/h8-10,13H,1-7H2,(H,14,15). The molecule has 0 amide bonds. The Morgan fingerprint density at radius 3 is 2.47 bits per heavy atom. The lowest BCUT2D eigenvalue weighted by Gasteiger charge is -2.24. The zero-order valence-electron chi connectivity index (χ0n) is 8.93. The molecule has 0 saturated heterocycles. The van der Waals surface area contributed by atoms with Crippen LogP contribution in [0.25, 0.3) is 0 Å². The molecule has 0 aliphatic heterocycles. The molecular formula is C11H19NO3. The van der Waals surface area contributed by atoms with Crippen molar-refractivity contribution in [2.45, 2.75) is 44.2 Å². The normalized spacial score (nSPS) is 23.1. The van der Waals surface area contributed by atoms with Gasteiger partial charge in [0.1, 0.15) is 0 Å². The lowest BCUT2D eigenvalue weighted by atomic mass is 10.2. The first-order chi connectivity index (χ1) is 7.15. The summed E-state index contributed by atoms with van der Waals surface area (Å²) in [5.41, 5.74) is 0. The molecule has 4 heteroatoms. The summed E-state index contributed by atoms with van der Waals surface area (Å²) in [6.45, 7) is 1.59. The number of nitrogens with zero attached hydrogens (tertiary/aromatic N) is 1. The van der Waals surface area contributed by atoms with Crippen molar-refractivity contribution in [1.29, 1.82) is 0 Å². The van der Waals surface area contributed by atoms with Crippen molar-refractivity contribution in [3.63, 3.8) is 0 Å². The maximum atomic E-state index is 10.4. The van der Waals surface area contributed by atoms with Crippen LogP contribution < -0.4 is 0 Å². The summed E-state index contributed by atoms with van der Waals surface area (Å²) in [6.07, 6.45) is 4.20. The predicted octanol–water partition coefficient (Wildman–Crippen LogP) is 0.696. The summed E-state index contributed by atoms with van der Waals surface area (Å²) in [5, 5.41) is 18.1. The van der Waals surface area contributed by atoms with Gasteiger partial charge in [0.05, 0.1) is 12.5 Å². The lowest BCUT2D eigenvalue weighted by molar-refractivity contribution is -0.139. The van der Waals surface area contributed by atoms with E-state index in [0.29, 0.717) is 12.6 Å². The molecule has 0 heterocycles. The van der Waals surface area contributed by atoms with E-state index < -0.39 is 12.1 Å². The number of aliphatic hydroxyl groups excluding tert-OH is 1. The van der Waals surface area contributed by atoms with Gasteiger partial charge < -0.3 is 10.2 Å². The highest BCUT2D eigenvalue weighted by molar-refractivity contribution is 5.67. The average molecular weight is 213 g/mol. The van der Waals surface area contributed by atoms with Gasteiger partial charge in [0.2, 0.25) is 0 Å². The number of hydrogen-bond acceptors (Lipinski definition) is 3. The van der Waals surface area contributed by atoms with Crippen LogP contribution in [-0.4, -0.2) is 46.3 Å². The quantitative estimate of drug-likeness (QED) is 0.653. The van der Waals surface area contributed by atoms with E-state index in [4.69, 9.17) is 5.11 Å². The van der Waals surface area contributed by atoms with Gasteiger partial charge in [-0.1, -0.05) is 0 Å². The summed E-state index contributed by atoms with van der Waals surface area (Å²) in [6, 6.07) is 0.619. The maximum Gasteiger partial charge on any atom is 0.306 e. The Labute approximate surface area is 89.9 Å². The van der Waals surface area contributed by atoms with Crippen molar-refractivity contribution in [3.05, 3.63) is 0 Å². The van der Waals surface area contributed by atoms with E-state index in [0.717, 1.165) is 12.5 Å². The number of carbonyl (C=O) groups is 1. The number of rotatable bonds is 7. The summed E-state index contributed by atoms with van der Waals surface area (Å²) >= 11 is 0. The first-order valence-corrected chi connectivity index (χ1v) is 5.79. The first kappa shape index (κ1) is 10.9. The van der Waals surface area contributed by atoms with Crippen LogP contribution in [0.5, 0.6) is 0 Å². The molecule has 2 fully saturated rings. The molecule has 2 N–H and O–H groups in total. The van der Waals surface area contributed by atoms with Crippen molar-refractivity contribution in [2.75, 3.05) is 13.1 Å². The summed E-state index contributed by atoms with van der Waals surface area (Å²) < 4.78 is 0. The van der Waals surface area contributed by atoms with Crippen LogP contribution in [0.15, 0.2) is 0 Å². The zero-order valence-corrected chi connectivity index (χ0v) is 8.93. The van der Waals surface area contributed by atoms with Gasteiger partial charge in [0.25, 0.3) is 0 Å². The van der Waals surface area contributed by atoms with Crippen LogP contribution in [0.4, 0.5) is 0 Å². The van der Waals surface area contributed by atoms with E-state index in [9.17, 15) is 9.90 Å². The number of carboxylic acid groups (broad SMARTS) is 1. The minimum Gasteiger partial charge on any atom is -0.481 e. The first-order valence-electron chi connectivity index (χ1n) is 5.79. The second-order valence-electron chi connectivity index (χ2n) is 4.88. The fourth-order valence-electron chi connectivity index (χ4n) is 1.98. The third-order valence-electron chi connectivity index (χ3n) is 3.11. The minimum atomic E-state index is -0.912. The van der Waals surface area contributed by atoms with Crippen molar-refractivity contribution in [3.8, 4) is 0 Å². The van der Waals surface area contributed by atoms with E-state index >= 15 is 0 Å². The summed E-state index contributed by atoms with van der Waals surface area (Å²) in [7, 11) is 0. The van der Waals surface area contributed by atoms with Gasteiger partial charge >= 0.3 is 5.97 Å². The van der Waals surface area contributed by atoms with Gasteiger partial charge in [-0.05, 0) is 31.6 Å². The number of carboxylic acids is 1. The van der Waals surface area contributed by atoms with Gasteiger partial charge in [-0.2, -0.15) is 0 Å². The zero-order chi connectivity index (χ0) is 10.8. The Kier molecular flexibility index (Phi) is 3.26. The second-order valence-corrected chi connectivity index (χ2v) is 4.88. The van der Waals surface area contributed by atoms with E-state index in [1.54, 1.807) is 0 Å². The third kappa shape index (κ3) is 3.80. The molecule has 0 bridgehead atoms. The fraction of sp³-hybridized carbons (Fsp3) is 0.909. The van der Waals surface area contributed by atoms with Crippen LogP contribution in [-0.2, 0) is 4.79 Å². The van der Waals surface area contributed by atoms with Gasteiger partial charge in [0, 0.05) is 19.1 Å². The SMILES string of the molecule is O=C(O)CC(O)CN(CC1CC1)C1CC1. The molecular weight excluding hydrogens is 194 g/mol. The largest absolute Gasteiger partial charge is 0.481 e. The van der Waals surface area contributed by atoms with Crippen LogP contribution in [0.1, 0.15) is 32.1 Å². The molecule has 1 unspecified atom stereocenters. The molecule has 2 saturated carbocycles. The van der Waals surface area contributed by atoms with E-state index in [2.05, 4.69) is 4.90 Å². The van der Waals surface area contributed by atoms with E-state index in [-0.39, 0.29) is 6.42 Å². The number of aliphatic hydroxyl groups is 1. The molecule has 0 radical (unpaired) electrons.